The second-order valence-corrected chi connectivity index (χ2v) is 8.45. The van der Waals surface area contributed by atoms with Gasteiger partial charge >= 0.3 is 0 Å². The predicted octanol–water partition coefficient (Wildman–Crippen LogP) is 2.27. The zero-order valence-corrected chi connectivity index (χ0v) is 13.9. The van der Waals surface area contributed by atoms with Gasteiger partial charge in [0.25, 0.3) is 0 Å². The molecule has 18 heavy (non-hydrogen) atoms. The van der Waals surface area contributed by atoms with E-state index in [-0.39, 0.29) is 18.4 Å². The second-order valence-electron chi connectivity index (χ2n) is 4.14. The zero-order valence-electron chi connectivity index (χ0n) is 9.90. The standard InChI is InChI=1S/C10H15BrN2O2S2.ClH/c1-7-9(5-10(11)16-7)17(14,15)13-8-3-2-4-12-6-8;/h5,8,12-13H,2-4,6H2,1H3;1H/t8-;/m1./s1. The Balaban J connectivity index is 0.00000162. The Morgan fingerprint density at radius 2 is 2.28 bits per heavy atom. The largest absolute Gasteiger partial charge is 0.315 e. The van der Waals surface area contributed by atoms with Crippen molar-refractivity contribution < 1.29 is 8.42 Å². The molecule has 2 rings (SSSR count). The summed E-state index contributed by atoms with van der Waals surface area (Å²) in [7, 11) is -3.38. The third kappa shape index (κ3) is 3.91. The molecule has 0 amide bonds. The molecule has 1 atom stereocenters. The number of hydrogen-bond acceptors (Lipinski definition) is 4. The minimum Gasteiger partial charge on any atom is -0.315 e. The maximum absolute atomic E-state index is 12.2. The van der Waals surface area contributed by atoms with Crippen LogP contribution in [0.25, 0.3) is 0 Å². The van der Waals surface area contributed by atoms with Crippen molar-refractivity contribution in [2.24, 2.45) is 0 Å². The summed E-state index contributed by atoms with van der Waals surface area (Å²) in [5.74, 6) is 0. The van der Waals surface area contributed by atoms with Gasteiger partial charge in [0, 0.05) is 17.5 Å². The Bertz CT molecular complexity index is 498. The van der Waals surface area contributed by atoms with Crippen molar-refractivity contribution in [1.82, 2.24) is 10.0 Å². The first-order valence-electron chi connectivity index (χ1n) is 5.48. The minimum absolute atomic E-state index is 0. The molecule has 2 N–H and O–H groups in total. The van der Waals surface area contributed by atoms with Crippen molar-refractivity contribution in [3.63, 3.8) is 0 Å². The van der Waals surface area contributed by atoms with Crippen LogP contribution in [0.1, 0.15) is 17.7 Å². The molecule has 0 bridgehead atoms. The lowest BCUT2D eigenvalue weighted by Crippen LogP contribution is -2.45. The second kappa shape index (κ2) is 6.67. The van der Waals surface area contributed by atoms with Crippen LogP contribution >= 0.6 is 39.7 Å². The van der Waals surface area contributed by atoms with E-state index in [1.807, 2.05) is 6.92 Å². The van der Waals surface area contributed by atoms with Crippen LogP contribution < -0.4 is 10.0 Å². The molecule has 0 aromatic carbocycles. The summed E-state index contributed by atoms with van der Waals surface area (Å²) in [6.07, 6.45) is 1.91. The van der Waals surface area contributed by atoms with Gasteiger partial charge in [-0.2, -0.15) is 0 Å². The summed E-state index contributed by atoms with van der Waals surface area (Å²) in [5, 5.41) is 3.20. The zero-order chi connectivity index (χ0) is 12.5. The van der Waals surface area contributed by atoms with Crippen molar-refractivity contribution >= 4 is 49.7 Å². The highest BCUT2D eigenvalue weighted by molar-refractivity contribution is 9.11. The Kier molecular flexibility index (Phi) is 6.08. The first-order chi connectivity index (χ1) is 7.99. The van der Waals surface area contributed by atoms with Gasteiger partial charge in [0.2, 0.25) is 10.0 Å². The number of sulfonamides is 1. The van der Waals surface area contributed by atoms with Crippen LogP contribution in [-0.4, -0.2) is 27.5 Å². The van der Waals surface area contributed by atoms with Crippen molar-refractivity contribution in [3.05, 3.63) is 14.7 Å². The monoisotopic (exact) mass is 374 g/mol. The summed E-state index contributed by atoms with van der Waals surface area (Å²) >= 11 is 4.75. The molecule has 0 spiro atoms. The lowest BCUT2D eigenvalue weighted by atomic mass is 10.1. The highest BCUT2D eigenvalue weighted by atomic mass is 79.9. The molecule has 1 aromatic heterocycles. The molecular formula is C10H16BrClN2O2S2. The van der Waals surface area contributed by atoms with E-state index in [4.69, 9.17) is 0 Å². The lowest BCUT2D eigenvalue weighted by Gasteiger charge is -2.23. The average molecular weight is 376 g/mol. The van der Waals surface area contributed by atoms with E-state index in [1.165, 1.54) is 11.3 Å². The number of aryl methyl sites for hydroxylation is 1. The van der Waals surface area contributed by atoms with Gasteiger partial charge < -0.3 is 5.32 Å². The first-order valence-corrected chi connectivity index (χ1v) is 8.57. The van der Waals surface area contributed by atoms with Gasteiger partial charge in [0.05, 0.1) is 8.68 Å². The lowest BCUT2D eigenvalue weighted by molar-refractivity contribution is 0.428. The molecule has 1 aliphatic heterocycles. The highest BCUT2D eigenvalue weighted by Crippen LogP contribution is 2.29. The van der Waals surface area contributed by atoms with E-state index >= 15 is 0 Å². The van der Waals surface area contributed by atoms with Gasteiger partial charge in [-0.05, 0) is 48.3 Å². The predicted molar refractivity (Wildman–Crippen MR) is 80.2 cm³/mol. The Hall–Kier alpha value is 0.340. The molecule has 0 aliphatic carbocycles. The molecule has 8 heteroatoms. The fourth-order valence-electron chi connectivity index (χ4n) is 1.93. The third-order valence-electron chi connectivity index (χ3n) is 2.75. The molecule has 0 saturated carbocycles. The van der Waals surface area contributed by atoms with Crippen molar-refractivity contribution in [1.29, 1.82) is 0 Å². The molecule has 0 radical (unpaired) electrons. The molecule has 1 fully saturated rings. The van der Waals surface area contributed by atoms with Crippen LogP contribution in [0.3, 0.4) is 0 Å². The van der Waals surface area contributed by atoms with Crippen molar-refractivity contribution in [3.8, 4) is 0 Å². The fraction of sp³-hybridized carbons (Fsp3) is 0.600. The van der Waals surface area contributed by atoms with E-state index < -0.39 is 10.0 Å². The number of rotatable bonds is 3. The number of thiophene rings is 1. The van der Waals surface area contributed by atoms with Crippen LogP contribution in [-0.2, 0) is 10.0 Å². The smallest absolute Gasteiger partial charge is 0.241 e. The first kappa shape index (κ1) is 16.4. The maximum Gasteiger partial charge on any atom is 0.241 e. The van der Waals surface area contributed by atoms with Gasteiger partial charge in [-0.1, -0.05) is 0 Å². The van der Waals surface area contributed by atoms with Gasteiger partial charge in [-0.3, -0.25) is 0 Å². The van der Waals surface area contributed by atoms with E-state index in [1.54, 1.807) is 6.07 Å². The number of piperidine rings is 1. The molecule has 0 unspecified atom stereocenters. The molecular weight excluding hydrogens is 360 g/mol. The minimum atomic E-state index is -3.38. The normalized spacial score (nSPS) is 20.4. The fourth-order valence-corrected chi connectivity index (χ4v) is 5.62. The number of nitrogens with one attached hydrogen (secondary N) is 2. The summed E-state index contributed by atoms with van der Waals surface area (Å²) < 4.78 is 28.0. The average Bonchev–Trinajstić information content (AvgIpc) is 2.59. The van der Waals surface area contributed by atoms with Gasteiger partial charge in [-0.15, -0.1) is 23.7 Å². The summed E-state index contributed by atoms with van der Waals surface area (Å²) in [5.41, 5.74) is 0. The Labute approximate surface area is 126 Å². The van der Waals surface area contributed by atoms with E-state index in [0.29, 0.717) is 11.4 Å². The quantitative estimate of drug-likeness (QED) is 0.852. The Morgan fingerprint density at radius 3 is 2.78 bits per heavy atom. The van der Waals surface area contributed by atoms with Crippen molar-refractivity contribution in [2.75, 3.05) is 13.1 Å². The molecule has 4 nitrogen and oxygen atoms in total. The van der Waals surface area contributed by atoms with Crippen LogP contribution in [0.4, 0.5) is 0 Å². The molecule has 1 aliphatic rings. The molecule has 2 heterocycles. The van der Waals surface area contributed by atoms with Crippen LogP contribution in [0.15, 0.2) is 14.7 Å². The highest BCUT2D eigenvalue weighted by Gasteiger charge is 2.24. The Morgan fingerprint density at radius 1 is 1.56 bits per heavy atom. The third-order valence-corrected chi connectivity index (χ3v) is 6.08. The summed E-state index contributed by atoms with van der Waals surface area (Å²) in [4.78, 5) is 1.20. The van der Waals surface area contributed by atoms with E-state index in [2.05, 4.69) is 26.0 Å². The van der Waals surface area contributed by atoms with Gasteiger partial charge in [0.1, 0.15) is 0 Å². The topological polar surface area (TPSA) is 58.2 Å². The number of halogens is 2. The molecule has 1 aromatic rings. The van der Waals surface area contributed by atoms with Crippen LogP contribution in [0.5, 0.6) is 0 Å². The summed E-state index contributed by atoms with van der Waals surface area (Å²) in [6, 6.07) is 1.67. The van der Waals surface area contributed by atoms with Gasteiger partial charge in [-0.25, -0.2) is 13.1 Å². The SMILES string of the molecule is Cc1sc(Br)cc1S(=O)(=O)N[C@@H]1CCCNC1.Cl. The molecule has 1 saturated heterocycles. The van der Waals surface area contributed by atoms with Crippen LogP contribution in [0, 0.1) is 6.92 Å². The summed E-state index contributed by atoms with van der Waals surface area (Å²) in [6.45, 7) is 3.51. The maximum atomic E-state index is 12.2. The molecule has 104 valence electrons. The van der Waals surface area contributed by atoms with Gasteiger partial charge in [0.15, 0.2) is 0 Å². The van der Waals surface area contributed by atoms with E-state index in [9.17, 15) is 8.42 Å². The van der Waals surface area contributed by atoms with Crippen LogP contribution in [0.2, 0.25) is 0 Å². The number of hydrogen-bond donors (Lipinski definition) is 2. The van der Waals surface area contributed by atoms with Crippen molar-refractivity contribution in [2.45, 2.75) is 30.7 Å². The van der Waals surface area contributed by atoms with E-state index in [0.717, 1.165) is 28.0 Å².